The van der Waals surface area contributed by atoms with Crippen LogP contribution >= 0.6 is 11.8 Å². The summed E-state index contributed by atoms with van der Waals surface area (Å²) < 4.78 is 0. The summed E-state index contributed by atoms with van der Waals surface area (Å²) in [4.78, 5) is 15.0. The highest BCUT2D eigenvalue weighted by atomic mass is 32.2. The summed E-state index contributed by atoms with van der Waals surface area (Å²) >= 11 is 1.60. The van der Waals surface area contributed by atoms with E-state index in [2.05, 4.69) is 34.7 Å². The quantitative estimate of drug-likeness (QED) is 0.898. The lowest BCUT2D eigenvalue weighted by Crippen LogP contribution is -2.40. The number of amides is 1. The Bertz CT molecular complexity index is 506. The van der Waals surface area contributed by atoms with Gasteiger partial charge >= 0.3 is 0 Å². The highest BCUT2D eigenvalue weighted by molar-refractivity contribution is 8.00. The molecular formula is C15H21N3OS. The van der Waals surface area contributed by atoms with Gasteiger partial charge in [-0.2, -0.15) is 0 Å². The number of anilines is 2. The number of hydrogen-bond donors (Lipinski definition) is 2. The van der Waals surface area contributed by atoms with E-state index in [4.69, 9.17) is 0 Å². The Hall–Kier alpha value is -1.20. The number of benzene rings is 1. The van der Waals surface area contributed by atoms with Gasteiger partial charge in [-0.1, -0.05) is 6.42 Å². The van der Waals surface area contributed by atoms with Crippen LogP contribution < -0.4 is 10.6 Å². The molecule has 0 spiro atoms. The van der Waals surface area contributed by atoms with E-state index in [0.29, 0.717) is 11.8 Å². The topological polar surface area (TPSA) is 44.4 Å². The molecule has 1 aromatic carbocycles. The van der Waals surface area contributed by atoms with Gasteiger partial charge in [0, 0.05) is 23.2 Å². The minimum atomic E-state index is 0.0895. The van der Waals surface area contributed by atoms with Crippen molar-refractivity contribution < 1.29 is 4.79 Å². The second-order valence-corrected chi connectivity index (χ2v) is 6.58. The number of piperidine rings is 1. The van der Waals surface area contributed by atoms with Crippen LogP contribution in [0.25, 0.3) is 0 Å². The maximum absolute atomic E-state index is 11.4. The molecule has 20 heavy (non-hydrogen) atoms. The smallest absolute Gasteiger partial charge is 0.234 e. The fourth-order valence-corrected chi connectivity index (χ4v) is 3.62. The number of likely N-dealkylation sites (tertiary alicyclic amines) is 1. The molecule has 1 atom stereocenters. The third-order valence-electron chi connectivity index (χ3n) is 4.08. The zero-order chi connectivity index (χ0) is 13.9. The molecular weight excluding hydrogens is 270 g/mol. The lowest BCUT2D eigenvalue weighted by molar-refractivity contribution is -0.113. The fourth-order valence-electron chi connectivity index (χ4n) is 2.83. The fraction of sp³-hybridized carbons (Fsp3) is 0.533. The van der Waals surface area contributed by atoms with E-state index in [0.717, 1.165) is 22.8 Å². The van der Waals surface area contributed by atoms with Gasteiger partial charge in [0.25, 0.3) is 0 Å². The van der Waals surface area contributed by atoms with E-state index in [9.17, 15) is 4.79 Å². The Balaban J connectivity index is 1.63. The van der Waals surface area contributed by atoms with Gasteiger partial charge in [0.15, 0.2) is 0 Å². The summed E-state index contributed by atoms with van der Waals surface area (Å²) in [6.07, 6.45) is 3.91. The molecule has 0 aliphatic carbocycles. The number of thioether (sulfide) groups is 1. The minimum Gasteiger partial charge on any atom is -0.383 e. The van der Waals surface area contributed by atoms with Crippen molar-refractivity contribution >= 4 is 29.0 Å². The first-order chi connectivity index (χ1) is 9.72. The highest BCUT2D eigenvalue weighted by Gasteiger charge is 2.19. The van der Waals surface area contributed by atoms with Gasteiger partial charge < -0.3 is 15.5 Å². The summed E-state index contributed by atoms with van der Waals surface area (Å²) in [6.45, 7) is 2.17. The molecule has 1 unspecified atom stereocenters. The normalized spacial score (nSPS) is 23.1. The number of carbonyl (C=O) groups excluding carboxylic acids is 1. The Labute approximate surface area is 124 Å². The molecule has 0 bridgehead atoms. The number of fused-ring (bicyclic) bond motifs is 1. The number of likely N-dealkylation sites (N-methyl/N-ethyl adjacent to an activating group) is 1. The van der Waals surface area contributed by atoms with E-state index < -0.39 is 0 Å². The van der Waals surface area contributed by atoms with Crippen LogP contribution in [0, 0.1) is 0 Å². The largest absolute Gasteiger partial charge is 0.383 e. The van der Waals surface area contributed by atoms with Gasteiger partial charge in [-0.15, -0.1) is 11.8 Å². The van der Waals surface area contributed by atoms with Crippen molar-refractivity contribution in [2.75, 3.05) is 36.5 Å². The van der Waals surface area contributed by atoms with Crippen molar-refractivity contribution in [3.63, 3.8) is 0 Å². The molecule has 1 amide bonds. The number of carbonyl (C=O) groups is 1. The monoisotopic (exact) mass is 291 g/mol. The molecule has 1 aromatic rings. The van der Waals surface area contributed by atoms with Crippen LogP contribution in [0.3, 0.4) is 0 Å². The molecule has 2 N–H and O–H groups in total. The SMILES string of the molecule is CN1CCCCC1CNc1ccc2c(c1)NC(=O)CS2. The van der Waals surface area contributed by atoms with Gasteiger partial charge in [0.1, 0.15) is 0 Å². The lowest BCUT2D eigenvalue weighted by atomic mass is 10.0. The van der Waals surface area contributed by atoms with Crippen molar-refractivity contribution in [1.82, 2.24) is 4.90 Å². The van der Waals surface area contributed by atoms with Crippen LogP contribution in [0.15, 0.2) is 23.1 Å². The molecule has 108 valence electrons. The van der Waals surface area contributed by atoms with Crippen molar-refractivity contribution in [3.8, 4) is 0 Å². The molecule has 0 saturated carbocycles. The first-order valence-electron chi connectivity index (χ1n) is 7.23. The predicted octanol–water partition coefficient (Wildman–Crippen LogP) is 2.63. The molecule has 0 radical (unpaired) electrons. The second kappa shape index (κ2) is 6.06. The molecule has 2 heterocycles. The third kappa shape index (κ3) is 3.10. The summed E-state index contributed by atoms with van der Waals surface area (Å²) in [7, 11) is 2.20. The summed E-state index contributed by atoms with van der Waals surface area (Å²) in [5, 5.41) is 6.44. The number of nitrogens with zero attached hydrogens (tertiary/aromatic N) is 1. The average molecular weight is 291 g/mol. The maximum Gasteiger partial charge on any atom is 0.234 e. The number of nitrogens with one attached hydrogen (secondary N) is 2. The Morgan fingerprint density at radius 2 is 2.35 bits per heavy atom. The minimum absolute atomic E-state index is 0.0895. The zero-order valence-electron chi connectivity index (χ0n) is 11.8. The van der Waals surface area contributed by atoms with Gasteiger partial charge in [-0.3, -0.25) is 4.79 Å². The summed E-state index contributed by atoms with van der Waals surface area (Å²) in [6, 6.07) is 6.85. The number of hydrogen-bond acceptors (Lipinski definition) is 4. The second-order valence-electron chi connectivity index (χ2n) is 5.56. The standard InChI is InChI=1S/C15H21N3OS/c1-18-7-3-2-4-12(18)9-16-11-5-6-14-13(8-11)17-15(19)10-20-14/h5-6,8,12,16H,2-4,7,9-10H2,1H3,(H,17,19). The van der Waals surface area contributed by atoms with E-state index in [1.807, 2.05) is 6.07 Å². The molecule has 3 rings (SSSR count). The average Bonchev–Trinajstić information content (AvgIpc) is 2.46. The van der Waals surface area contributed by atoms with E-state index in [-0.39, 0.29) is 5.91 Å². The van der Waals surface area contributed by atoms with E-state index in [1.54, 1.807) is 11.8 Å². The van der Waals surface area contributed by atoms with Gasteiger partial charge in [0.2, 0.25) is 5.91 Å². The maximum atomic E-state index is 11.4. The molecule has 4 nitrogen and oxygen atoms in total. The van der Waals surface area contributed by atoms with Crippen LogP contribution in [0.2, 0.25) is 0 Å². The summed E-state index contributed by atoms with van der Waals surface area (Å²) in [5.74, 6) is 0.610. The van der Waals surface area contributed by atoms with Crippen LogP contribution in [-0.4, -0.2) is 42.7 Å². The molecule has 1 fully saturated rings. The third-order valence-corrected chi connectivity index (χ3v) is 5.15. The molecule has 5 heteroatoms. The molecule has 0 aromatic heterocycles. The molecule has 1 saturated heterocycles. The van der Waals surface area contributed by atoms with E-state index in [1.165, 1.54) is 25.8 Å². The van der Waals surface area contributed by atoms with Crippen molar-refractivity contribution in [3.05, 3.63) is 18.2 Å². The zero-order valence-corrected chi connectivity index (χ0v) is 12.6. The first-order valence-corrected chi connectivity index (χ1v) is 8.22. The predicted molar refractivity (Wildman–Crippen MR) is 84.6 cm³/mol. The van der Waals surface area contributed by atoms with Crippen LogP contribution in [0.4, 0.5) is 11.4 Å². The van der Waals surface area contributed by atoms with Gasteiger partial charge in [-0.05, 0) is 44.6 Å². The van der Waals surface area contributed by atoms with Crippen molar-refractivity contribution in [2.45, 2.75) is 30.2 Å². The van der Waals surface area contributed by atoms with Crippen LogP contribution in [0.1, 0.15) is 19.3 Å². The Morgan fingerprint density at radius 3 is 3.20 bits per heavy atom. The lowest BCUT2D eigenvalue weighted by Gasteiger charge is -2.32. The molecule has 2 aliphatic heterocycles. The van der Waals surface area contributed by atoms with E-state index >= 15 is 0 Å². The number of rotatable bonds is 3. The van der Waals surface area contributed by atoms with Gasteiger partial charge in [0.05, 0.1) is 11.4 Å². The first kappa shape index (κ1) is 13.8. The molecule has 2 aliphatic rings. The summed E-state index contributed by atoms with van der Waals surface area (Å²) in [5.41, 5.74) is 2.03. The van der Waals surface area contributed by atoms with Gasteiger partial charge in [-0.25, -0.2) is 0 Å². The van der Waals surface area contributed by atoms with Crippen molar-refractivity contribution in [2.24, 2.45) is 0 Å². The highest BCUT2D eigenvalue weighted by Crippen LogP contribution is 2.33. The Kier molecular flexibility index (Phi) is 4.17. The van der Waals surface area contributed by atoms with Crippen molar-refractivity contribution in [1.29, 1.82) is 0 Å². The van der Waals surface area contributed by atoms with Crippen LogP contribution in [0.5, 0.6) is 0 Å². The Morgan fingerprint density at radius 1 is 1.45 bits per heavy atom. The van der Waals surface area contributed by atoms with Crippen LogP contribution in [-0.2, 0) is 4.79 Å².